The summed E-state index contributed by atoms with van der Waals surface area (Å²) in [7, 11) is 0. The molecule has 0 saturated heterocycles. The predicted octanol–water partition coefficient (Wildman–Crippen LogP) is 6.15. The average molecular weight is 321 g/mol. The molecular weight excluding hydrogens is 284 g/mol. The van der Waals surface area contributed by atoms with Gasteiger partial charge in [-0.3, -0.25) is 4.98 Å². The Morgan fingerprint density at radius 1 is 0.957 bits per heavy atom. The lowest BCUT2D eigenvalue weighted by Crippen LogP contribution is -2.22. The molecule has 0 fully saturated rings. The van der Waals surface area contributed by atoms with Crippen LogP contribution in [0.1, 0.15) is 97.6 Å². The summed E-state index contributed by atoms with van der Waals surface area (Å²) in [5.41, 5.74) is 1.26. The van der Waals surface area contributed by atoms with E-state index in [9.17, 15) is 0 Å². The zero-order valence-corrected chi connectivity index (χ0v) is 15.9. The zero-order chi connectivity index (χ0) is 17.1. The molecule has 0 aliphatic carbocycles. The van der Waals surface area contributed by atoms with Gasteiger partial charge in [0.1, 0.15) is 5.69 Å². The third kappa shape index (κ3) is 7.32. The van der Waals surface area contributed by atoms with Crippen molar-refractivity contribution in [1.29, 1.82) is 0 Å². The molecule has 0 spiro atoms. The second-order valence-electron chi connectivity index (χ2n) is 7.43. The maximum atomic E-state index is 6.12. The Kier molecular flexibility index (Phi) is 9.20. The van der Waals surface area contributed by atoms with E-state index < -0.39 is 0 Å². The molecule has 0 atom stereocenters. The van der Waals surface area contributed by atoms with Crippen LogP contribution in [0.15, 0.2) is 12.4 Å². The number of ether oxygens (including phenoxy) is 1. The molecule has 1 rings (SSSR count). The minimum Gasteiger partial charge on any atom is -0.476 e. The maximum absolute atomic E-state index is 6.12. The summed E-state index contributed by atoms with van der Waals surface area (Å²) in [4.78, 5) is 9.14. The van der Waals surface area contributed by atoms with Gasteiger partial charge in [0, 0.05) is 18.3 Å². The van der Waals surface area contributed by atoms with Crippen molar-refractivity contribution in [3.63, 3.8) is 0 Å². The predicted molar refractivity (Wildman–Crippen MR) is 98.0 cm³/mol. The number of hydrogen-bond acceptors (Lipinski definition) is 3. The lowest BCUT2D eigenvalue weighted by molar-refractivity contribution is 0.160. The van der Waals surface area contributed by atoms with Gasteiger partial charge in [0.25, 0.3) is 0 Å². The van der Waals surface area contributed by atoms with Crippen LogP contribution in [0, 0.1) is 5.41 Å². The minimum atomic E-state index is 0.186. The first-order chi connectivity index (χ1) is 11.0. The van der Waals surface area contributed by atoms with E-state index in [2.05, 4.69) is 44.6 Å². The summed E-state index contributed by atoms with van der Waals surface area (Å²) in [6.07, 6.45) is 13.2. The Bertz CT molecular complexity index is 423. The third-order valence-electron chi connectivity index (χ3n) is 4.42. The van der Waals surface area contributed by atoms with Crippen LogP contribution in [0.3, 0.4) is 0 Å². The van der Waals surface area contributed by atoms with Gasteiger partial charge >= 0.3 is 0 Å². The van der Waals surface area contributed by atoms with Gasteiger partial charge in [-0.2, -0.15) is 0 Å². The van der Waals surface area contributed by atoms with Crippen molar-refractivity contribution in [2.24, 2.45) is 5.41 Å². The maximum Gasteiger partial charge on any atom is 0.235 e. The van der Waals surface area contributed by atoms with E-state index >= 15 is 0 Å². The van der Waals surface area contributed by atoms with Gasteiger partial charge in [0.15, 0.2) is 0 Å². The van der Waals surface area contributed by atoms with E-state index in [4.69, 9.17) is 4.74 Å². The van der Waals surface area contributed by atoms with Gasteiger partial charge in [0.05, 0.1) is 6.61 Å². The highest BCUT2D eigenvalue weighted by atomic mass is 16.5. The van der Waals surface area contributed by atoms with E-state index in [0.717, 1.165) is 18.0 Å². The normalized spacial score (nSPS) is 11.9. The number of hydrogen-bond donors (Lipinski definition) is 0. The van der Waals surface area contributed by atoms with Gasteiger partial charge in [-0.25, -0.2) is 4.98 Å². The number of aromatic nitrogens is 2. The fraction of sp³-hybridized carbons (Fsp3) is 0.800. The van der Waals surface area contributed by atoms with Gasteiger partial charge in [-0.05, 0) is 24.7 Å². The molecule has 0 amide bonds. The Labute approximate surface area is 143 Å². The van der Waals surface area contributed by atoms with Crippen molar-refractivity contribution < 1.29 is 4.74 Å². The van der Waals surface area contributed by atoms with Crippen LogP contribution < -0.4 is 4.74 Å². The minimum absolute atomic E-state index is 0.186. The summed E-state index contributed by atoms with van der Waals surface area (Å²) >= 11 is 0. The standard InChI is InChI=1S/C20H36N2O/c1-6-9-11-17(12-10-7-2)18-19(22-15-14-21-18)23-16-20(4,5)13-8-3/h14-15,17H,6-13,16H2,1-5H3. The van der Waals surface area contributed by atoms with Crippen molar-refractivity contribution in [3.8, 4) is 5.88 Å². The molecule has 0 aromatic carbocycles. The van der Waals surface area contributed by atoms with E-state index in [1.807, 2.05) is 6.20 Å². The number of nitrogens with zero attached hydrogens (tertiary/aromatic N) is 2. The molecule has 1 aromatic rings. The Balaban J connectivity index is 2.83. The molecule has 0 N–H and O–H groups in total. The first-order valence-electron chi connectivity index (χ1n) is 9.47. The highest BCUT2D eigenvalue weighted by Crippen LogP contribution is 2.32. The molecule has 1 heterocycles. The molecule has 23 heavy (non-hydrogen) atoms. The number of rotatable bonds is 12. The molecule has 132 valence electrons. The fourth-order valence-corrected chi connectivity index (χ4v) is 3.06. The molecule has 0 bridgehead atoms. The largest absolute Gasteiger partial charge is 0.476 e. The van der Waals surface area contributed by atoms with E-state index in [1.54, 1.807) is 6.20 Å². The number of unbranched alkanes of at least 4 members (excludes halogenated alkanes) is 2. The molecule has 0 radical (unpaired) electrons. The molecule has 0 aliphatic heterocycles. The molecule has 0 aliphatic rings. The monoisotopic (exact) mass is 320 g/mol. The Morgan fingerprint density at radius 2 is 1.57 bits per heavy atom. The summed E-state index contributed by atoms with van der Waals surface area (Å²) < 4.78 is 6.12. The highest BCUT2D eigenvalue weighted by molar-refractivity contribution is 5.22. The Hall–Kier alpha value is -1.12. The zero-order valence-electron chi connectivity index (χ0n) is 15.9. The first kappa shape index (κ1) is 19.9. The molecule has 0 saturated carbocycles. The van der Waals surface area contributed by atoms with Crippen molar-refractivity contribution in [2.45, 2.75) is 91.9 Å². The Morgan fingerprint density at radius 3 is 2.13 bits per heavy atom. The summed E-state index contributed by atoms with van der Waals surface area (Å²) in [6, 6.07) is 0. The van der Waals surface area contributed by atoms with Crippen LogP contribution in [0.5, 0.6) is 5.88 Å². The van der Waals surface area contributed by atoms with Crippen LogP contribution in [-0.2, 0) is 0 Å². The van der Waals surface area contributed by atoms with Gasteiger partial charge < -0.3 is 4.74 Å². The second-order valence-corrected chi connectivity index (χ2v) is 7.43. The van der Waals surface area contributed by atoms with Crippen LogP contribution in [0.25, 0.3) is 0 Å². The van der Waals surface area contributed by atoms with E-state index in [-0.39, 0.29) is 5.41 Å². The average Bonchev–Trinajstić information content (AvgIpc) is 2.54. The third-order valence-corrected chi connectivity index (χ3v) is 4.42. The SMILES string of the molecule is CCCCC(CCCC)c1nccnc1OCC(C)(C)CCC. The van der Waals surface area contributed by atoms with Crippen molar-refractivity contribution >= 4 is 0 Å². The highest BCUT2D eigenvalue weighted by Gasteiger charge is 2.22. The molecule has 0 unspecified atom stereocenters. The van der Waals surface area contributed by atoms with Crippen LogP contribution in [0.2, 0.25) is 0 Å². The van der Waals surface area contributed by atoms with Crippen molar-refractivity contribution in [2.75, 3.05) is 6.61 Å². The summed E-state index contributed by atoms with van der Waals surface area (Å²) in [6.45, 7) is 12.0. The van der Waals surface area contributed by atoms with Crippen LogP contribution in [-0.4, -0.2) is 16.6 Å². The molecule has 3 heteroatoms. The van der Waals surface area contributed by atoms with Crippen LogP contribution >= 0.6 is 0 Å². The second kappa shape index (κ2) is 10.6. The quantitative estimate of drug-likeness (QED) is 0.463. The van der Waals surface area contributed by atoms with Crippen molar-refractivity contribution in [1.82, 2.24) is 9.97 Å². The van der Waals surface area contributed by atoms with E-state index in [0.29, 0.717) is 12.5 Å². The molecular formula is C20H36N2O. The van der Waals surface area contributed by atoms with Gasteiger partial charge in [-0.1, -0.05) is 66.7 Å². The summed E-state index contributed by atoms with van der Waals surface area (Å²) in [5, 5.41) is 0. The molecule has 1 aromatic heterocycles. The van der Waals surface area contributed by atoms with E-state index in [1.165, 1.54) is 44.9 Å². The van der Waals surface area contributed by atoms with Gasteiger partial charge in [0.2, 0.25) is 5.88 Å². The first-order valence-corrected chi connectivity index (χ1v) is 9.47. The topological polar surface area (TPSA) is 35.0 Å². The lowest BCUT2D eigenvalue weighted by atomic mass is 9.89. The lowest BCUT2D eigenvalue weighted by Gasteiger charge is -2.25. The van der Waals surface area contributed by atoms with Gasteiger partial charge in [-0.15, -0.1) is 0 Å². The van der Waals surface area contributed by atoms with Crippen LogP contribution in [0.4, 0.5) is 0 Å². The van der Waals surface area contributed by atoms with Crippen molar-refractivity contribution in [3.05, 3.63) is 18.1 Å². The fourth-order valence-electron chi connectivity index (χ4n) is 3.06. The smallest absolute Gasteiger partial charge is 0.235 e. The summed E-state index contributed by atoms with van der Waals surface area (Å²) in [5.74, 6) is 1.24. The molecule has 3 nitrogen and oxygen atoms in total.